The van der Waals surface area contributed by atoms with Gasteiger partial charge in [0.2, 0.25) is 11.8 Å². The predicted octanol–water partition coefficient (Wildman–Crippen LogP) is 4.56. The summed E-state index contributed by atoms with van der Waals surface area (Å²) in [6.07, 6.45) is -2.29. The number of halogens is 3. The Morgan fingerprint density at radius 2 is 1.83 bits per heavy atom. The maximum atomic E-state index is 14.2. The number of likely N-dealkylation sites (tertiary alicyclic amines) is 1. The summed E-state index contributed by atoms with van der Waals surface area (Å²) in [5, 5.41) is 20.9. The van der Waals surface area contributed by atoms with Crippen LogP contribution in [-0.4, -0.2) is 66.7 Å². The van der Waals surface area contributed by atoms with Crippen molar-refractivity contribution in [2.45, 2.75) is 83.3 Å². The number of nitrogens with one attached hydrogen (secondary N) is 1. The Balaban J connectivity index is 1.38. The van der Waals surface area contributed by atoms with Gasteiger partial charge in [-0.25, -0.2) is 9.67 Å². The molecule has 1 saturated heterocycles. The van der Waals surface area contributed by atoms with E-state index in [0.717, 1.165) is 34.7 Å². The number of rotatable bonds is 7. The largest absolute Gasteiger partial charge is 0.412 e. The van der Waals surface area contributed by atoms with Gasteiger partial charge < -0.3 is 15.3 Å². The third-order valence-corrected chi connectivity index (χ3v) is 8.55. The van der Waals surface area contributed by atoms with Crippen molar-refractivity contribution in [3.63, 3.8) is 0 Å². The quantitative estimate of drug-likeness (QED) is 0.417. The molecular formula is C28H33F3N6O3S. The number of carbonyl (C=O) groups is 2. The molecule has 2 N–H and O–H groups in total. The maximum absolute atomic E-state index is 14.2. The van der Waals surface area contributed by atoms with E-state index in [-0.39, 0.29) is 18.5 Å². The van der Waals surface area contributed by atoms with E-state index >= 15 is 0 Å². The summed E-state index contributed by atoms with van der Waals surface area (Å²) in [6.45, 7) is 7.17. The van der Waals surface area contributed by atoms with Crippen LogP contribution in [0.5, 0.6) is 0 Å². The molecule has 0 bridgehead atoms. The highest BCUT2D eigenvalue weighted by molar-refractivity contribution is 7.13. The van der Waals surface area contributed by atoms with Crippen LogP contribution in [0.25, 0.3) is 10.4 Å². The predicted molar refractivity (Wildman–Crippen MR) is 146 cm³/mol. The van der Waals surface area contributed by atoms with Crippen LogP contribution in [0.1, 0.15) is 75.0 Å². The number of amides is 2. The number of aliphatic hydroxyl groups excluding tert-OH is 1. The summed E-state index contributed by atoms with van der Waals surface area (Å²) in [4.78, 5) is 33.5. The molecule has 9 nitrogen and oxygen atoms in total. The highest BCUT2D eigenvalue weighted by Gasteiger charge is 2.48. The second-order valence-corrected chi connectivity index (χ2v) is 12.8. The van der Waals surface area contributed by atoms with Gasteiger partial charge >= 0.3 is 6.18 Å². The molecule has 3 aromatic rings. The van der Waals surface area contributed by atoms with E-state index in [9.17, 15) is 27.9 Å². The van der Waals surface area contributed by atoms with Crippen molar-refractivity contribution in [1.29, 1.82) is 0 Å². The summed E-state index contributed by atoms with van der Waals surface area (Å²) < 4.78 is 44.2. The van der Waals surface area contributed by atoms with Gasteiger partial charge in [-0.05, 0) is 36.3 Å². The molecule has 2 fully saturated rings. The fourth-order valence-electron chi connectivity index (χ4n) is 5.32. The molecular weight excluding hydrogens is 557 g/mol. The normalized spacial score (nSPS) is 21.1. The van der Waals surface area contributed by atoms with Crippen LogP contribution in [0.15, 0.2) is 36.0 Å². The number of aryl methyl sites for hydroxylation is 1. The average molecular weight is 591 g/mol. The van der Waals surface area contributed by atoms with Crippen LogP contribution >= 0.6 is 11.3 Å². The molecule has 5 rings (SSSR count). The Kier molecular flexibility index (Phi) is 7.70. The number of β-amino-alcohol motifs (C(OH)–C–C–N with tert-alkyl or cyclic N) is 1. The standard InChI is InChI=1S/C28H33F3N6O3S/c1-15-22(41-14-32-15)17-7-9-18(10-8-17)23(28(29,30)31)33-25(39)21-11-19(38)12-36(21)26(40)24(27(2,3)4)37-13-20(34-35-37)16-5-6-16/h7-10,13-14,16,19,21,23-24,38H,5-6,11-12H2,1-4H3,(H,33,39)/t19-,21+,23-,24?/m1/s1. The monoisotopic (exact) mass is 590 g/mol. The van der Waals surface area contributed by atoms with E-state index in [1.165, 1.54) is 33.1 Å². The Labute approximate surface area is 239 Å². The van der Waals surface area contributed by atoms with Crippen molar-refractivity contribution >= 4 is 23.2 Å². The second-order valence-electron chi connectivity index (χ2n) is 11.9. The molecule has 3 heterocycles. The maximum Gasteiger partial charge on any atom is 0.412 e. The van der Waals surface area contributed by atoms with Gasteiger partial charge in [-0.1, -0.05) is 50.3 Å². The molecule has 4 atom stereocenters. The van der Waals surface area contributed by atoms with Crippen LogP contribution in [-0.2, 0) is 9.59 Å². The molecule has 0 radical (unpaired) electrons. The highest BCUT2D eigenvalue weighted by atomic mass is 32.1. The van der Waals surface area contributed by atoms with Gasteiger partial charge in [-0.3, -0.25) is 9.59 Å². The van der Waals surface area contributed by atoms with Gasteiger partial charge in [-0.2, -0.15) is 13.2 Å². The molecule has 1 unspecified atom stereocenters. The number of aliphatic hydroxyl groups is 1. The number of benzene rings is 1. The van der Waals surface area contributed by atoms with Crippen LogP contribution in [0.3, 0.4) is 0 Å². The zero-order chi connectivity index (χ0) is 29.7. The van der Waals surface area contributed by atoms with Crippen LogP contribution in [0.4, 0.5) is 13.2 Å². The summed E-state index contributed by atoms with van der Waals surface area (Å²) in [6, 6.07) is 1.35. The second kappa shape index (κ2) is 10.8. The van der Waals surface area contributed by atoms with Gasteiger partial charge in [0.05, 0.1) is 27.9 Å². The Hall–Kier alpha value is -3.32. The molecule has 2 aliphatic rings. The number of alkyl halides is 3. The van der Waals surface area contributed by atoms with Crippen molar-refractivity contribution in [2.75, 3.05) is 6.54 Å². The Morgan fingerprint density at radius 3 is 2.39 bits per heavy atom. The van der Waals surface area contributed by atoms with Crippen molar-refractivity contribution in [3.8, 4) is 10.4 Å². The minimum absolute atomic E-state index is 0.143. The molecule has 220 valence electrons. The molecule has 1 saturated carbocycles. The highest BCUT2D eigenvalue weighted by Crippen LogP contribution is 2.41. The summed E-state index contributed by atoms with van der Waals surface area (Å²) in [7, 11) is 0. The number of carbonyl (C=O) groups excluding carboxylic acids is 2. The van der Waals surface area contributed by atoms with E-state index in [4.69, 9.17) is 0 Å². The average Bonchev–Trinajstić information content (AvgIpc) is 3.26. The van der Waals surface area contributed by atoms with Crippen molar-refractivity contribution in [2.24, 2.45) is 5.41 Å². The van der Waals surface area contributed by atoms with Gasteiger partial charge in [0, 0.05) is 25.1 Å². The number of hydrogen-bond acceptors (Lipinski definition) is 7. The Bertz CT molecular complexity index is 1410. The zero-order valence-corrected chi connectivity index (χ0v) is 24.0. The van der Waals surface area contributed by atoms with E-state index in [0.29, 0.717) is 5.92 Å². The Morgan fingerprint density at radius 1 is 1.15 bits per heavy atom. The van der Waals surface area contributed by atoms with Crippen molar-refractivity contribution in [1.82, 2.24) is 30.2 Å². The molecule has 1 aromatic carbocycles. The SMILES string of the molecule is Cc1ncsc1-c1ccc([C@@H](NC(=O)[C@@H]2C[C@@H](O)CN2C(=O)C(n2cc(C3CC3)nn2)C(C)(C)C)C(F)(F)F)cc1. The van der Waals surface area contributed by atoms with E-state index in [1.807, 2.05) is 27.7 Å². The lowest BCUT2D eigenvalue weighted by molar-refractivity contribution is -0.165. The van der Waals surface area contributed by atoms with E-state index in [2.05, 4.69) is 20.6 Å². The summed E-state index contributed by atoms with van der Waals surface area (Å²) in [5.41, 5.74) is 3.15. The molecule has 2 amide bonds. The molecule has 0 spiro atoms. The zero-order valence-electron chi connectivity index (χ0n) is 23.2. The van der Waals surface area contributed by atoms with Gasteiger partial charge in [-0.15, -0.1) is 16.4 Å². The fourth-order valence-corrected chi connectivity index (χ4v) is 6.14. The van der Waals surface area contributed by atoms with Gasteiger partial charge in [0.15, 0.2) is 6.04 Å². The lowest BCUT2D eigenvalue weighted by atomic mass is 9.85. The minimum atomic E-state index is -4.79. The smallest absolute Gasteiger partial charge is 0.391 e. The van der Waals surface area contributed by atoms with Gasteiger partial charge in [0.1, 0.15) is 12.1 Å². The first kappa shape index (κ1) is 29.2. The molecule has 13 heteroatoms. The molecule has 1 aliphatic heterocycles. The number of thiazole rings is 1. The molecule has 41 heavy (non-hydrogen) atoms. The number of nitrogens with zero attached hydrogens (tertiary/aromatic N) is 5. The van der Waals surface area contributed by atoms with Crippen molar-refractivity contribution in [3.05, 3.63) is 52.9 Å². The third-order valence-electron chi connectivity index (χ3n) is 7.57. The minimum Gasteiger partial charge on any atom is -0.391 e. The fraction of sp³-hybridized carbons (Fsp3) is 0.536. The van der Waals surface area contributed by atoms with Crippen LogP contribution in [0, 0.1) is 12.3 Å². The summed E-state index contributed by atoms with van der Waals surface area (Å²) in [5.74, 6) is -1.18. The van der Waals surface area contributed by atoms with Crippen molar-refractivity contribution < 1.29 is 27.9 Å². The first-order chi connectivity index (χ1) is 19.2. The number of hydrogen-bond donors (Lipinski definition) is 2. The number of aromatic nitrogens is 4. The van der Waals surface area contributed by atoms with E-state index < -0.39 is 47.6 Å². The first-order valence-corrected chi connectivity index (χ1v) is 14.4. The van der Waals surface area contributed by atoms with Crippen LogP contribution in [0.2, 0.25) is 0 Å². The first-order valence-electron chi connectivity index (χ1n) is 13.5. The molecule has 2 aromatic heterocycles. The lowest BCUT2D eigenvalue weighted by Crippen LogP contribution is -2.52. The third kappa shape index (κ3) is 6.15. The topological polar surface area (TPSA) is 113 Å². The lowest BCUT2D eigenvalue weighted by Gasteiger charge is -2.35. The summed E-state index contributed by atoms with van der Waals surface area (Å²) >= 11 is 1.39. The van der Waals surface area contributed by atoms with Crippen LogP contribution < -0.4 is 5.32 Å². The van der Waals surface area contributed by atoms with E-state index in [1.54, 1.807) is 23.8 Å². The molecule has 1 aliphatic carbocycles. The van der Waals surface area contributed by atoms with Gasteiger partial charge in [0.25, 0.3) is 0 Å².